The van der Waals surface area contributed by atoms with E-state index in [1.165, 1.54) is 5.56 Å². The topological polar surface area (TPSA) is 76.8 Å². The minimum atomic E-state index is -0.156. The number of nitrogens with one attached hydrogen (secondary N) is 1. The van der Waals surface area contributed by atoms with Gasteiger partial charge in [0.2, 0.25) is 0 Å². The first-order valence-corrected chi connectivity index (χ1v) is 7.67. The maximum atomic E-state index is 6.03. The van der Waals surface area contributed by atoms with Crippen molar-refractivity contribution in [2.24, 2.45) is 11.7 Å². The molecular formula is C17H26N4O. The zero-order valence-electron chi connectivity index (χ0n) is 14.1. The van der Waals surface area contributed by atoms with Crippen molar-refractivity contribution in [3.05, 3.63) is 41.5 Å². The molecule has 0 spiro atoms. The van der Waals surface area contributed by atoms with Crippen LogP contribution in [0.1, 0.15) is 57.9 Å². The zero-order chi connectivity index (χ0) is 16.3. The highest BCUT2D eigenvalue weighted by Crippen LogP contribution is 2.24. The summed E-state index contributed by atoms with van der Waals surface area (Å²) in [5.74, 6) is 2.44. The lowest BCUT2D eigenvalue weighted by atomic mass is 9.87. The van der Waals surface area contributed by atoms with E-state index >= 15 is 0 Å². The Morgan fingerprint density at radius 1 is 1.18 bits per heavy atom. The van der Waals surface area contributed by atoms with E-state index in [0.29, 0.717) is 24.2 Å². The smallest absolute Gasteiger partial charge is 0.167 e. The SMILES string of the molecule is CC(C)[C@@H](N)c1n[nH]c(COc2ccc(C(C)(C)C)cc2)n1. The minimum absolute atomic E-state index is 0.144. The van der Waals surface area contributed by atoms with Gasteiger partial charge in [0.25, 0.3) is 0 Å². The van der Waals surface area contributed by atoms with Crippen molar-refractivity contribution in [1.29, 1.82) is 0 Å². The average molecular weight is 302 g/mol. The molecule has 0 saturated heterocycles. The Bertz CT molecular complexity index is 596. The van der Waals surface area contributed by atoms with Gasteiger partial charge >= 0.3 is 0 Å². The predicted octanol–water partition coefficient (Wildman–Crippen LogP) is 3.34. The molecule has 2 rings (SSSR count). The fourth-order valence-electron chi connectivity index (χ4n) is 2.02. The van der Waals surface area contributed by atoms with Gasteiger partial charge in [-0.25, -0.2) is 4.98 Å². The van der Waals surface area contributed by atoms with E-state index in [1.807, 2.05) is 26.0 Å². The van der Waals surface area contributed by atoms with Crippen molar-refractivity contribution >= 4 is 0 Å². The van der Waals surface area contributed by atoms with Gasteiger partial charge in [0.05, 0.1) is 6.04 Å². The minimum Gasteiger partial charge on any atom is -0.486 e. The molecule has 120 valence electrons. The summed E-state index contributed by atoms with van der Waals surface area (Å²) in [6, 6.07) is 8.00. The Morgan fingerprint density at radius 3 is 2.36 bits per heavy atom. The highest BCUT2D eigenvalue weighted by Gasteiger charge is 2.16. The standard InChI is InChI=1S/C17H26N4O/c1-11(2)15(18)16-19-14(20-21-16)10-22-13-8-6-12(7-9-13)17(3,4)5/h6-9,11,15H,10,18H2,1-5H3,(H,19,20,21)/t15-/m1/s1. The number of rotatable bonds is 5. The summed E-state index contributed by atoms with van der Waals surface area (Å²) in [5.41, 5.74) is 7.46. The van der Waals surface area contributed by atoms with Gasteiger partial charge < -0.3 is 10.5 Å². The van der Waals surface area contributed by atoms with Crippen molar-refractivity contribution in [1.82, 2.24) is 15.2 Å². The summed E-state index contributed by atoms with van der Waals surface area (Å²) in [4.78, 5) is 4.39. The first kappa shape index (κ1) is 16.5. The van der Waals surface area contributed by atoms with Crippen LogP contribution in [0.4, 0.5) is 0 Å². The molecule has 0 unspecified atom stereocenters. The Hall–Kier alpha value is -1.88. The van der Waals surface area contributed by atoms with Crippen molar-refractivity contribution in [2.45, 2.75) is 52.7 Å². The number of aromatic nitrogens is 3. The van der Waals surface area contributed by atoms with Crippen LogP contribution in [0, 0.1) is 5.92 Å². The quantitative estimate of drug-likeness (QED) is 0.888. The lowest BCUT2D eigenvalue weighted by Gasteiger charge is -2.19. The molecule has 22 heavy (non-hydrogen) atoms. The maximum absolute atomic E-state index is 6.03. The number of aromatic amines is 1. The predicted molar refractivity (Wildman–Crippen MR) is 87.6 cm³/mol. The molecule has 2 aromatic rings. The van der Waals surface area contributed by atoms with Gasteiger partial charge in [-0.15, -0.1) is 0 Å². The maximum Gasteiger partial charge on any atom is 0.167 e. The van der Waals surface area contributed by atoms with Gasteiger partial charge in [0.15, 0.2) is 11.6 Å². The highest BCUT2D eigenvalue weighted by atomic mass is 16.5. The second kappa shape index (κ2) is 6.48. The zero-order valence-corrected chi connectivity index (χ0v) is 14.1. The summed E-state index contributed by atoms with van der Waals surface area (Å²) in [5, 5.41) is 7.04. The molecule has 0 amide bonds. The van der Waals surface area contributed by atoms with Crippen molar-refractivity contribution in [2.75, 3.05) is 0 Å². The fraction of sp³-hybridized carbons (Fsp3) is 0.529. The molecule has 5 nitrogen and oxygen atoms in total. The molecule has 0 aliphatic carbocycles. The number of ether oxygens (including phenoxy) is 1. The number of nitrogens with two attached hydrogens (primary N) is 1. The Labute approximate surface area is 132 Å². The van der Waals surface area contributed by atoms with Crippen molar-refractivity contribution < 1.29 is 4.74 Å². The molecule has 0 bridgehead atoms. The first-order valence-electron chi connectivity index (χ1n) is 7.67. The second-order valence-corrected chi connectivity index (χ2v) is 6.97. The summed E-state index contributed by atoms with van der Waals surface area (Å²) in [6.45, 7) is 11.0. The summed E-state index contributed by atoms with van der Waals surface area (Å²) < 4.78 is 5.74. The first-order chi connectivity index (χ1) is 10.3. The fourth-order valence-corrected chi connectivity index (χ4v) is 2.02. The van der Waals surface area contributed by atoms with Gasteiger partial charge in [-0.1, -0.05) is 46.8 Å². The van der Waals surface area contributed by atoms with Gasteiger partial charge in [0.1, 0.15) is 12.4 Å². The van der Waals surface area contributed by atoms with Gasteiger partial charge in [0, 0.05) is 0 Å². The lowest BCUT2D eigenvalue weighted by molar-refractivity contribution is 0.296. The summed E-state index contributed by atoms with van der Waals surface area (Å²) >= 11 is 0. The van der Waals surface area contributed by atoms with Crippen LogP contribution in [0.3, 0.4) is 0 Å². The lowest BCUT2D eigenvalue weighted by Crippen LogP contribution is -2.18. The van der Waals surface area contributed by atoms with E-state index in [4.69, 9.17) is 10.5 Å². The van der Waals surface area contributed by atoms with E-state index in [2.05, 4.69) is 48.1 Å². The van der Waals surface area contributed by atoms with Crippen LogP contribution in [-0.4, -0.2) is 15.2 Å². The number of nitrogens with zero attached hydrogens (tertiary/aromatic N) is 2. The summed E-state index contributed by atoms with van der Waals surface area (Å²) in [6.07, 6.45) is 0. The normalized spacial score (nSPS) is 13.4. The van der Waals surface area contributed by atoms with E-state index in [0.717, 1.165) is 5.75 Å². The third-order valence-corrected chi connectivity index (χ3v) is 3.66. The van der Waals surface area contributed by atoms with E-state index in [-0.39, 0.29) is 11.5 Å². The molecule has 0 aliphatic heterocycles. The molecule has 0 aliphatic rings. The second-order valence-electron chi connectivity index (χ2n) is 6.97. The molecule has 5 heteroatoms. The van der Waals surface area contributed by atoms with Crippen LogP contribution in [0.5, 0.6) is 5.75 Å². The number of H-pyrrole nitrogens is 1. The Kier molecular flexibility index (Phi) is 4.86. The van der Waals surface area contributed by atoms with Crippen molar-refractivity contribution in [3.8, 4) is 5.75 Å². The third kappa shape index (κ3) is 4.07. The van der Waals surface area contributed by atoms with E-state index in [1.54, 1.807) is 0 Å². The van der Waals surface area contributed by atoms with E-state index in [9.17, 15) is 0 Å². The van der Waals surface area contributed by atoms with Gasteiger partial charge in [-0.05, 0) is 29.0 Å². The van der Waals surface area contributed by atoms with Crippen LogP contribution in [0.25, 0.3) is 0 Å². The van der Waals surface area contributed by atoms with E-state index < -0.39 is 0 Å². The Morgan fingerprint density at radius 2 is 1.82 bits per heavy atom. The van der Waals surface area contributed by atoms with Crippen LogP contribution in [-0.2, 0) is 12.0 Å². The van der Waals surface area contributed by atoms with Crippen LogP contribution >= 0.6 is 0 Å². The third-order valence-electron chi connectivity index (χ3n) is 3.66. The largest absolute Gasteiger partial charge is 0.486 e. The molecule has 1 atom stereocenters. The average Bonchev–Trinajstić information content (AvgIpc) is 2.92. The van der Waals surface area contributed by atoms with Crippen molar-refractivity contribution in [3.63, 3.8) is 0 Å². The molecule has 3 N–H and O–H groups in total. The molecule has 1 aromatic heterocycles. The van der Waals surface area contributed by atoms with Crippen LogP contribution in [0.2, 0.25) is 0 Å². The number of hydrogen-bond acceptors (Lipinski definition) is 4. The number of hydrogen-bond donors (Lipinski definition) is 2. The Balaban J connectivity index is 1.96. The summed E-state index contributed by atoms with van der Waals surface area (Å²) in [7, 11) is 0. The number of benzene rings is 1. The van der Waals surface area contributed by atoms with Gasteiger partial charge in [-0.2, -0.15) is 5.10 Å². The molecule has 1 aromatic carbocycles. The molecular weight excluding hydrogens is 276 g/mol. The highest BCUT2D eigenvalue weighted by molar-refractivity contribution is 5.31. The van der Waals surface area contributed by atoms with Crippen LogP contribution in [0.15, 0.2) is 24.3 Å². The van der Waals surface area contributed by atoms with Crippen LogP contribution < -0.4 is 10.5 Å². The van der Waals surface area contributed by atoms with Gasteiger partial charge in [-0.3, -0.25) is 5.10 Å². The monoisotopic (exact) mass is 302 g/mol. The molecule has 1 heterocycles. The molecule has 0 fully saturated rings. The molecule has 0 saturated carbocycles. The molecule has 0 radical (unpaired) electrons.